The third-order valence-corrected chi connectivity index (χ3v) is 2.03. The number of imide groups is 1. The molecule has 2 N–H and O–H groups in total. The summed E-state index contributed by atoms with van der Waals surface area (Å²) in [6.45, 7) is 1.11. The Morgan fingerprint density at radius 1 is 1.59 bits per heavy atom. The predicted molar refractivity (Wildman–Crippen MR) is 62.0 cm³/mol. The molecule has 1 rings (SSSR count). The number of nitrogens with one attached hydrogen (secondary N) is 2. The van der Waals surface area contributed by atoms with Gasteiger partial charge in [0.25, 0.3) is 0 Å². The zero-order chi connectivity index (χ0) is 12.7. The first kappa shape index (κ1) is 13.5. The van der Waals surface area contributed by atoms with Gasteiger partial charge in [0.1, 0.15) is 5.88 Å². The SMILES string of the molecule is COCCn1cc(NC(=O)NC(=O)CCl)cn1. The summed E-state index contributed by atoms with van der Waals surface area (Å²) in [5.41, 5.74) is 0.487. The Labute approximate surface area is 103 Å². The monoisotopic (exact) mass is 260 g/mol. The van der Waals surface area contributed by atoms with Crippen LogP contribution in [-0.4, -0.2) is 41.3 Å². The average Bonchev–Trinajstić information content (AvgIpc) is 2.73. The quantitative estimate of drug-likeness (QED) is 0.751. The van der Waals surface area contributed by atoms with Crippen LogP contribution in [0.2, 0.25) is 0 Å². The van der Waals surface area contributed by atoms with Gasteiger partial charge >= 0.3 is 6.03 Å². The summed E-state index contributed by atoms with van der Waals surface area (Å²) in [6.07, 6.45) is 3.10. The van der Waals surface area contributed by atoms with Crippen LogP contribution in [0.4, 0.5) is 10.5 Å². The number of rotatable bonds is 5. The van der Waals surface area contributed by atoms with Crippen molar-refractivity contribution in [2.45, 2.75) is 6.54 Å². The molecule has 0 aliphatic rings. The van der Waals surface area contributed by atoms with E-state index in [1.54, 1.807) is 18.0 Å². The van der Waals surface area contributed by atoms with Crippen molar-refractivity contribution < 1.29 is 14.3 Å². The molecule has 0 aliphatic carbocycles. The highest BCUT2D eigenvalue weighted by molar-refractivity contribution is 6.28. The van der Waals surface area contributed by atoms with E-state index in [4.69, 9.17) is 16.3 Å². The van der Waals surface area contributed by atoms with Gasteiger partial charge in [0.2, 0.25) is 5.91 Å². The van der Waals surface area contributed by atoms with E-state index in [2.05, 4.69) is 10.4 Å². The summed E-state index contributed by atoms with van der Waals surface area (Å²) in [5.74, 6) is -0.823. The van der Waals surface area contributed by atoms with Gasteiger partial charge in [-0.3, -0.25) is 14.8 Å². The number of anilines is 1. The number of halogens is 1. The second-order valence-corrected chi connectivity index (χ2v) is 3.39. The summed E-state index contributed by atoms with van der Waals surface area (Å²) < 4.78 is 6.50. The van der Waals surface area contributed by atoms with E-state index in [-0.39, 0.29) is 5.88 Å². The Kier molecular flexibility index (Phi) is 5.44. The van der Waals surface area contributed by atoms with Crippen molar-refractivity contribution in [3.05, 3.63) is 12.4 Å². The van der Waals surface area contributed by atoms with E-state index in [1.807, 2.05) is 5.32 Å². The smallest absolute Gasteiger partial charge is 0.326 e. The lowest BCUT2D eigenvalue weighted by Crippen LogP contribution is -2.34. The molecular formula is C9H13ClN4O3. The van der Waals surface area contributed by atoms with E-state index in [9.17, 15) is 9.59 Å². The number of carbonyl (C=O) groups excluding carboxylic acids is 2. The molecule has 1 aromatic rings. The molecule has 7 nitrogen and oxygen atoms in total. The Morgan fingerprint density at radius 2 is 2.35 bits per heavy atom. The lowest BCUT2D eigenvalue weighted by molar-refractivity contribution is -0.117. The third kappa shape index (κ3) is 4.83. The lowest BCUT2D eigenvalue weighted by Gasteiger charge is -2.02. The molecule has 0 saturated carbocycles. The molecule has 0 radical (unpaired) electrons. The summed E-state index contributed by atoms with van der Waals surface area (Å²) in [7, 11) is 1.59. The Hall–Kier alpha value is -1.60. The van der Waals surface area contributed by atoms with E-state index < -0.39 is 11.9 Å². The second kappa shape index (κ2) is 6.87. The van der Waals surface area contributed by atoms with Gasteiger partial charge in [-0.1, -0.05) is 0 Å². The number of hydrogen-bond donors (Lipinski definition) is 2. The van der Waals surface area contributed by atoms with Gasteiger partial charge in [0, 0.05) is 13.3 Å². The van der Waals surface area contributed by atoms with Crippen LogP contribution in [-0.2, 0) is 16.1 Å². The largest absolute Gasteiger partial charge is 0.383 e. The number of amides is 3. The highest BCUT2D eigenvalue weighted by atomic mass is 35.5. The fourth-order valence-corrected chi connectivity index (χ4v) is 1.12. The first-order chi connectivity index (χ1) is 8.15. The molecule has 0 bridgehead atoms. The minimum Gasteiger partial charge on any atom is -0.383 e. The summed E-state index contributed by atoms with van der Waals surface area (Å²) >= 11 is 5.24. The van der Waals surface area contributed by atoms with E-state index in [0.29, 0.717) is 18.8 Å². The van der Waals surface area contributed by atoms with Crippen molar-refractivity contribution in [3.8, 4) is 0 Å². The molecule has 8 heteroatoms. The molecule has 1 heterocycles. The van der Waals surface area contributed by atoms with Gasteiger partial charge in [0.05, 0.1) is 25.0 Å². The predicted octanol–water partition coefficient (Wildman–Crippen LogP) is 0.416. The molecule has 0 atom stereocenters. The number of aromatic nitrogens is 2. The molecule has 0 spiro atoms. The van der Waals surface area contributed by atoms with Gasteiger partial charge in [-0.2, -0.15) is 5.10 Å². The molecule has 0 fully saturated rings. The fraction of sp³-hybridized carbons (Fsp3) is 0.444. The maximum Gasteiger partial charge on any atom is 0.326 e. The van der Waals surface area contributed by atoms with Crippen LogP contribution < -0.4 is 10.6 Å². The van der Waals surface area contributed by atoms with Crippen LogP contribution in [0.25, 0.3) is 0 Å². The van der Waals surface area contributed by atoms with Crippen molar-refractivity contribution in [2.24, 2.45) is 0 Å². The van der Waals surface area contributed by atoms with Crippen LogP contribution >= 0.6 is 11.6 Å². The Balaban J connectivity index is 2.43. The van der Waals surface area contributed by atoms with E-state index in [0.717, 1.165) is 0 Å². The molecule has 94 valence electrons. The first-order valence-corrected chi connectivity index (χ1v) is 5.37. The van der Waals surface area contributed by atoms with Gasteiger partial charge < -0.3 is 10.1 Å². The lowest BCUT2D eigenvalue weighted by atomic mass is 10.5. The summed E-state index contributed by atoms with van der Waals surface area (Å²) in [5, 5.41) is 8.49. The normalized spacial score (nSPS) is 10.0. The van der Waals surface area contributed by atoms with Crippen molar-refractivity contribution in [1.29, 1.82) is 0 Å². The van der Waals surface area contributed by atoms with Crippen molar-refractivity contribution in [1.82, 2.24) is 15.1 Å². The molecular weight excluding hydrogens is 248 g/mol. The summed E-state index contributed by atoms with van der Waals surface area (Å²) in [6, 6.07) is -0.637. The topological polar surface area (TPSA) is 85.2 Å². The van der Waals surface area contributed by atoms with E-state index >= 15 is 0 Å². The zero-order valence-corrected chi connectivity index (χ0v) is 10.0. The van der Waals surface area contributed by atoms with Gasteiger partial charge in [0.15, 0.2) is 0 Å². The standard InChI is InChI=1S/C9H13ClN4O3/c1-17-3-2-14-6-7(5-11-14)12-9(16)13-8(15)4-10/h5-6H,2-4H2,1H3,(H2,12,13,15,16). The highest BCUT2D eigenvalue weighted by Gasteiger charge is 2.07. The molecule has 3 amide bonds. The van der Waals surface area contributed by atoms with Crippen LogP contribution in [0.1, 0.15) is 0 Å². The van der Waals surface area contributed by atoms with Crippen molar-refractivity contribution in [3.63, 3.8) is 0 Å². The van der Waals surface area contributed by atoms with Crippen LogP contribution in [0.5, 0.6) is 0 Å². The number of methoxy groups -OCH3 is 1. The Bertz CT molecular complexity index is 393. The maximum absolute atomic E-state index is 11.2. The molecule has 1 aromatic heterocycles. The first-order valence-electron chi connectivity index (χ1n) is 4.84. The van der Waals surface area contributed by atoms with Crippen LogP contribution in [0.15, 0.2) is 12.4 Å². The van der Waals surface area contributed by atoms with Gasteiger partial charge in [-0.15, -0.1) is 11.6 Å². The van der Waals surface area contributed by atoms with Crippen LogP contribution in [0.3, 0.4) is 0 Å². The van der Waals surface area contributed by atoms with Crippen molar-refractivity contribution >= 4 is 29.2 Å². The highest BCUT2D eigenvalue weighted by Crippen LogP contribution is 2.04. The van der Waals surface area contributed by atoms with Crippen molar-refractivity contribution in [2.75, 3.05) is 24.9 Å². The molecule has 0 saturated heterocycles. The maximum atomic E-state index is 11.2. The number of alkyl halides is 1. The molecule has 0 unspecified atom stereocenters. The Morgan fingerprint density at radius 3 is 3.00 bits per heavy atom. The second-order valence-electron chi connectivity index (χ2n) is 3.12. The number of nitrogens with zero attached hydrogens (tertiary/aromatic N) is 2. The van der Waals surface area contributed by atoms with Gasteiger partial charge in [-0.05, 0) is 0 Å². The van der Waals surface area contributed by atoms with Gasteiger partial charge in [-0.25, -0.2) is 4.79 Å². The number of ether oxygens (including phenoxy) is 1. The molecule has 17 heavy (non-hydrogen) atoms. The fourth-order valence-electron chi connectivity index (χ4n) is 1.06. The number of hydrogen-bond acceptors (Lipinski definition) is 4. The number of urea groups is 1. The third-order valence-electron chi connectivity index (χ3n) is 1.79. The minimum absolute atomic E-state index is 0.263. The van der Waals surface area contributed by atoms with Crippen LogP contribution in [0, 0.1) is 0 Å². The molecule has 0 aliphatic heterocycles. The summed E-state index contributed by atoms with van der Waals surface area (Å²) in [4.78, 5) is 22.1. The minimum atomic E-state index is -0.637. The zero-order valence-electron chi connectivity index (χ0n) is 9.27. The molecule has 0 aromatic carbocycles. The number of carbonyl (C=O) groups is 2. The van der Waals surface area contributed by atoms with E-state index in [1.165, 1.54) is 6.20 Å². The average molecular weight is 261 g/mol.